The molecular weight excluding hydrogens is 394 g/mol. The molecule has 0 saturated carbocycles. The lowest BCUT2D eigenvalue weighted by Crippen LogP contribution is -2.33. The Morgan fingerprint density at radius 1 is 1.43 bits per heavy atom. The topological polar surface area (TPSA) is 73.2 Å². The van der Waals surface area contributed by atoms with Crippen LogP contribution in [0.5, 0.6) is 0 Å². The number of aromatic nitrogens is 2. The van der Waals surface area contributed by atoms with Crippen LogP contribution in [0.25, 0.3) is 15.9 Å². The predicted octanol–water partition coefficient (Wildman–Crippen LogP) is 3.14. The molecule has 8 heteroatoms. The second-order valence-corrected chi connectivity index (χ2v) is 8.60. The third kappa shape index (κ3) is 4.14. The van der Waals surface area contributed by atoms with Gasteiger partial charge in [-0.05, 0) is 48.9 Å². The van der Waals surface area contributed by atoms with Crippen molar-refractivity contribution in [3.8, 4) is 5.69 Å². The van der Waals surface area contributed by atoms with Crippen molar-refractivity contribution in [2.75, 3.05) is 18.9 Å². The van der Waals surface area contributed by atoms with Gasteiger partial charge in [-0.25, -0.2) is 4.98 Å². The van der Waals surface area contributed by atoms with Crippen molar-refractivity contribution in [3.05, 3.63) is 51.6 Å². The molecule has 1 saturated heterocycles. The van der Waals surface area contributed by atoms with Crippen LogP contribution in [-0.4, -0.2) is 40.5 Å². The fourth-order valence-corrected chi connectivity index (χ4v) is 4.80. The largest absolute Gasteiger partial charge is 0.376 e. The van der Waals surface area contributed by atoms with Gasteiger partial charge in [0.25, 0.3) is 5.56 Å². The van der Waals surface area contributed by atoms with Crippen LogP contribution >= 0.6 is 23.1 Å². The Kier molecular flexibility index (Phi) is 5.79. The molecule has 6 nitrogen and oxygen atoms in total. The molecule has 28 heavy (non-hydrogen) atoms. The number of carbonyl (C=O) groups is 1. The van der Waals surface area contributed by atoms with Gasteiger partial charge >= 0.3 is 0 Å². The maximum atomic E-state index is 13.1. The van der Waals surface area contributed by atoms with E-state index < -0.39 is 0 Å². The molecule has 0 spiro atoms. The van der Waals surface area contributed by atoms with E-state index in [9.17, 15) is 9.59 Å². The van der Waals surface area contributed by atoms with Gasteiger partial charge in [0.1, 0.15) is 4.70 Å². The monoisotopic (exact) mass is 415 g/mol. The minimum Gasteiger partial charge on any atom is -0.376 e. The molecule has 1 N–H and O–H groups in total. The lowest BCUT2D eigenvalue weighted by Gasteiger charge is -2.13. The number of amides is 1. The number of rotatable bonds is 6. The second-order valence-electron chi connectivity index (χ2n) is 6.74. The highest BCUT2D eigenvalue weighted by Crippen LogP contribution is 2.24. The Labute approximate surface area is 170 Å². The molecule has 3 heterocycles. The van der Waals surface area contributed by atoms with E-state index in [1.54, 1.807) is 4.57 Å². The van der Waals surface area contributed by atoms with E-state index in [2.05, 4.69) is 10.3 Å². The molecular formula is C20H21N3O3S2. The van der Waals surface area contributed by atoms with Gasteiger partial charge in [0, 0.05) is 13.2 Å². The molecule has 3 aromatic rings. The summed E-state index contributed by atoms with van der Waals surface area (Å²) in [5.74, 6) is 0.108. The zero-order valence-corrected chi connectivity index (χ0v) is 17.1. The van der Waals surface area contributed by atoms with Crippen molar-refractivity contribution in [1.29, 1.82) is 0 Å². The molecule has 0 radical (unpaired) electrons. The van der Waals surface area contributed by atoms with E-state index in [1.165, 1.54) is 23.1 Å². The second kappa shape index (κ2) is 8.46. The summed E-state index contributed by atoms with van der Waals surface area (Å²) in [5.41, 5.74) is 2.38. The van der Waals surface area contributed by atoms with Gasteiger partial charge in [-0.3, -0.25) is 14.2 Å². The van der Waals surface area contributed by atoms with Gasteiger partial charge in [-0.2, -0.15) is 0 Å². The molecule has 1 amide bonds. The van der Waals surface area contributed by atoms with Crippen LogP contribution in [0.4, 0.5) is 0 Å². The van der Waals surface area contributed by atoms with Gasteiger partial charge in [-0.1, -0.05) is 23.9 Å². The number of nitrogens with one attached hydrogen (secondary N) is 1. The van der Waals surface area contributed by atoms with Gasteiger partial charge in [0.2, 0.25) is 5.91 Å². The summed E-state index contributed by atoms with van der Waals surface area (Å²) in [6, 6.07) is 9.57. The van der Waals surface area contributed by atoms with E-state index in [1.807, 2.05) is 42.6 Å². The normalized spacial score (nSPS) is 16.5. The van der Waals surface area contributed by atoms with Gasteiger partial charge in [-0.15, -0.1) is 11.3 Å². The van der Waals surface area contributed by atoms with Crippen LogP contribution < -0.4 is 10.9 Å². The van der Waals surface area contributed by atoms with Crippen molar-refractivity contribution < 1.29 is 9.53 Å². The minimum absolute atomic E-state index is 0.0871. The SMILES string of the molecule is Cc1cccc(-n2c(SCC(=O)NCC3CCCO3)nc3ccsc3c2=O)c1. The number of benzene rings is 1. The number of carbonyl (C=O) groups excluding carboxylic acids is 1. The zero-order valence-electron chi connectivity index (χ0n) is 15.5. The summed E-state index contributed by atoms with van der Waals surface area (Å²) in [6.07, 6.45) is 2.14. The van der Waals surface area contributed by atoms with E-state index in [4.69, 9.17) is 4.74 Å². The van der Waals surface area contributed by atoms with E-state index in [0.29, 0.717) is 21.9 Å². The Morgan fingerprint density at radius 3 is 3.11 bits per heavy atom. The summed E-state index contributed by atoms with van der Waals surface area (Å²) >= 11 is 2.66. The first-order valence-electron chi connectivity index (χ1n) is 9.20. The fourth-order valence-electron chi connectivity index (χ4n) is 3.20. The van der Waals surface area contributed by atoms with E-state index in [-0.39, 0.29) is 23.3 Å². The number of aryl methyl sites for hydroxylation is 1. The Hall–Kier alpha value is -2.16. The smallest absolute Gasteiger partial charge is 0.276 e. The maximum absolute atomic E-state index is 13.1. The Bertz CT molecular complexity index is 1050. The first kappa shape index (κ1) is 19.2. The summed E-state index contributed by atoms with van der Waals surface area (Å²) in [6.45, 7) is 3.28. The number of thioether (sulfide) groups is 1. The van der Waals surface area contributed by atoms with Crippen molar-refractivity contribution in [1.82, 2.24) is 14.9 Å². The van der Waals surface area contributed by atoms with Crippen molar-refractivity contribution >= 4 is 39.2 Å². The van der Waals surface area contributed by atoms with Crippen LogP contribution in [0, 0.1) is 6.92 Å². The summed E-state index contributed by atoms with van der Waals surface area (Å²) in [7, 11) is 0. The molecule has 146 valence electrons. The average molecular weight is 416 g/mol. The van der Waals surface area contributed by atoms with Gasteiger partial charge < -0.3 is 10.1 Å². The van der Waals surface area contributed by atoms with Crippen LogP contribution in [0.1, 0.15) is 18.4 Å². The average Bonchev–Trinajstić information content (AvgIpc) is 3.36. The minimum atomic E-state index is -0.104. The van der Waals surface area contributed by atoms with Crippen LogP contribution in [0.3, 0.4) is 0 Å². The lowest BCUT2D eigenvalue weighted by molar-refractivity contribution is -0.119. The third-order valence-corrected chi connectivity index (χ3v) is 6.42. The van der Waals surface area contributed by atoms with Crippen LogP contribution in [0.15, 0.2) is 45.7 Å². The fraction of sp³-hybridized carbons (Fsp3) is 0.350. The number of nitrogens with zero attached hydrogens (tertiary/aromatic N) is 2. The number of ether oxygens (including phenoxy) is 1. The highest BCUT2D eigenvalue weighted by atomic mass is 32.2. The summed E-state index contributed by atoms with van der Waals surface area (Å²) < 4.78 is 7.75. The van der Waals surface area contributed by atoms with E-state index in [0.717, 1.165) is 30.7 Å². The number of fused-ring (bicyclic) bond motifs is 1. The Morgan fingerprint density at radius 2 is 2.32 bits per heavy atom. The molecule has 1 aliphatic rings. The molecule has 1 atom stereocenters. The number of hydrogen-bond acceptors (Lipinski definition) is 6. The predicted molar refractivity (Wildman–Crippen MR) is 113 cm³/mol. The first-order valence-corrected chi connectivity index (χ1v) is 11.1. The highest BCUT2D eigenvalue weighted by Gasteiger charge is 2.18. The molecule has 0 aliphatic carbocycles. The van der Waals surface area contributed by atoms with Crippen molar-refractivity contribution in [2.24, 2.45) is 0 Å². The number of hydrogen-bond donors (Lipinski definition) is 1. The van der Waals surface area contributed by atoms with Crippen LogP contribution in [0.2, 0.25) is 0 Å². The van der Waals surface area contributed by atoms with Crippen molar-refractivity contribution in [3.63, 3.8) is 0 Å². The number of thiophene rings is 1. The first-order chi connectivity index (χ1) is 13.6. The zero-order chi connectivity index (χ0) is 19.5. The standard InChI is InChI=1S/C20H21N3O3S2/c1-13-4-2-5-14(10-13)23-19(25)18-16(7-9-27-18)22-20(23)28-12-17(24)21-11-15-6-3-8-26-15/h2,4-5,7,9-10,15H,3,6,8,11-12H2,1H3,(H,21,24). The maximum Gasteiger partial charge on any atom is 0.276 e. The molecule has 1 aromatic carbocycles. The summed E-state index contributed by atoms with van der Waals surface area (Å²) in [5, 5.41) is 5.30. The summed E-state index contributed by atoms with van der Waals surface area (Å²) in [4.78, 5) is 30.0. The highest BCUT2D eigenvalue weighted by molar-refractivity contribution is 7.99. The molecule has 0 bridgehead atoms. The van der Waals surface area contributed by atoms with Gasteiger partial charge in [0.05, 0.1) is 23.1 Å². The quantitative estimate of drug-likeness (QED) is 0.495. The van der Waals surface area contributed by atoms with Crippen molar-refractivity contribution in [2.45, 2.75) is 31.0 Å². The third-order valence-electron chi connectivity index (χ3n) is 4.59. The van der Waals surface area contributed by atoms with Crippen LogP contribution in [-0.2, 0) is 9.53 Å². The van der Waals surface area contributed by atoms with Gasteiger partial charge in [0.15, 0.2) is 5.16 Å². The molecule has 4 rings (SSSR count). The Balaban J connectivity index is 1.57. The molecule has 1 unspecified atom stereocenters. The van der Waals surface area contributed by atoms with E-state index >= 15 is 0 Å². The lowest BCUT2D eigenvalue weighted by atomic mass is 10.2. The molecule has 1 aliphatic heterocycles. The molecule has 1 fully saturated rings. The molecule has 2 aromatic heterocycles.